The number of H-pyrrole nitrogens is 1. The fourth-order valence-electron chi connectivity index (χ4n) is 2.14. The highest BCUT2D eigenvalue weighted by atomic mass is 31.2. The second-order valence-corrected chi connectivity index (χ2v) is 6.39. The third-order valence-corrected chi connectivity index (χ3v) is 3.76. The van der Waals surface area contributed by atoms with Crippen LogP contribution in [0.25, 0.3) is 0 Å². The molecule has 1 fully saturated rings. The van der Waals surface area contributed by atoms with Crippen LogP contribution in [0.15, 0.2) is 21.9 Å². The van der Waals surface area contributed by atoms with E-state index in [0.29, 0.717) is 0 Å². The predicted octanol–water partition coefficient (Wildman–Crippen LogP) is -1.40. The highest BCUT2D eigenvalue weighted by molar-refractivity contribution is 7.50. The normalized spacial score (nSPS) is 34.5. The lowest BCUT2D eigenvalue weighted by atomic mass is 9.98. The zero-order chi connectivity index (χ0) is 16.7. The standard InChI is InChI=1S/C10H15FN3O7P/c1-10(11)7(16)5(4-20-22(12,18)19)21-8(10)14-3-2-6(15)13-9(14)17/h2-3,5,7-8,16H,4H2,1H3,(H3,12,18,19)(H,13,15,17)/t5-,7+,8-,10-/m1/s1. The van der Waals surface area contributed by atoms with E-state index in [1.165, 1.54) is 0 Å². The van der Waals surface area contributed by atoms with Gasteiger partial charge in [0.2, 0.25) is 0 Å². The van der Waals surface area contributed by atoms with E-state index in [0.717, 1.165) is 23.8 Å². The molecule has 1 aromatic heterocycles. The number of nitrogens with one attached hydrogen (secondary N) is 1. The molecule has 1 saturated heterocycles. The maximum atomic E-state index is 14.7. The molecule has 124 valence electrons. The molecule has 1 aliphatic heterocycles. The molecular formula is C10H15FN3O7P. The molecule has 22 heavy (non-hydrogen) atoms. The Hall–Kier alpha value is -1.36. The molecule has 1 aliphatic rings. The SMILES string of the molecule is C[C@@]1(F)[C@@H](O)[C@@H](COP(N)(=O)O)O[C@H]1n1ccc(=O)[nH]c1=O. The largest absolute Gasteiger partial charge is 0.400 e. The van der Waals surface area contributed by atoms with E-state index in [9.17, 15) is 23.7 Å². The van der Waals surface area contributed by atoms with Crippen molar-refractivity contribution in [1.82, 2.24) is 9.55 Å². The first-order valence-corrected chi connectivity index (χ1v) is 7.77. The molecule has 5 atom stereocenters. The molecule has 5 N–H and O–H groups in total. The lowest BCUT2D eigenvalue weighted by molar-refractivity contribution is -0.0592. The molecule has 0 radical (unpaired) electrons. The second-order valence-electron chi connectivity index (χ2n) is 5.00. The number of aromatic amines is 1. The number of nitrogens with two attached hydrogens (primary N) is 1. The molecular weight excluding hydrogens is 324 g/mol. The number of aromatic nitrogens is 2. The quantitative estimate of drug-likeness (QED) is 0.488. The summed E-state index contributed by atoms with van der Waals surface area (Å²) in [4.78, 5) is 33.5. The molecule has 0 amide bonds. The molecule has 2 heterocycles. The average Bonchev–Trinajstić information content (AvgIpc) is 2.59. The van der Waals surface area contributed by atoms with E-state index < -0.39 is 49.7 Å². The maximum absolute atomic E-state index is 14.7. The maximum Gasteiger partial charge on any atom is 0.400 e. The van der Waals surface area contributed by atoms with Crippen LogP contribution < -0.4 is 16.8 Å². The Morgan fingerprint density at radius 3 is 2.82 bits per heavy atom. The molecule has 0 saturated carbocycles. The van der Waals surface area contributed by atoms with Crippen molar-refractivity contribution in [2.45, 2.75) is 31.0 Å². The van der Waals surface area contributed by atoms with Crippen molar-refractivity contribution in [2.24, 2.45) is 5.50 Å². The molecule has 0 aliphatic carbocycles. The number of aliphatic hydroxyl groups excluding tert-OH is 1. The van der Waals surface area contributed by atoms with Gasteiger partial charge >= 0.3 is 13.4 Å². The van der Waals surface area contributed by atoms with Crippen LogP contribution in [0, 0.1) is 0 Å². The van der Waals surface area contributed by atoms with E-state index in [-0.39, 0.29) is 0 Å². The minimum atomic E-state index is -4.32. The summed E-state index contributed by atoms with van der Waals surface area (Å²) in [5.74, 6) is 0. The van der Waals surface area contributed by atoms with E-state index in [1.54, 1.807) is 0 Å². The lowest BCUT2D eigenvalue weighted by Crippen LogP contribution is -2.43. The number of halogens is 1. The molecule has 0 spiro atoms. The fraction of sp³-hybridized carbons (Fsp3) is 0.600. The smallest absolute Gasteiger partial charge is 0.387 e. The Morgan fingerprint density at radius 1 is 1.64 bits per heavy atom. The van der Waals surface area contributed by atoms with Crippen molar-refractivity contribution in [1.29, 1.82) is 0 Å². The van der Waals surface area contributed by atoms with Crippen LogP contribution in [-0.4, -0.2) is 44.0 Å². The van der Waals surface area contributed by atoms with Crippen molar-refractivity contribution in [3.8, 4) is 0 Å². The first-order chi connectivity index (χ1) is 10.0. The summed E-state index contributed by atoms with van der Waals surface area (Å²) in [5.41, 5.74) is 0.758. The van der Waals surface area contributed by atoms with Gasteiger partial charge in [-0.2, -0.15) is 0 Å². The highest BCUT2D eigenvalue weighted by Gasteiger charge is 2.55. The van der Waals surface area contributed by atoms with E-state index in [2.05, 4.69) is 4.52 Å². The minimum Gasteiger partial charge on any atom is -0.387 e. The molecule has 12 heteroatoms. The van der Waals surface area contributed by atoms with Gasteiger partial charge in [-0.05, 0) is 6.92 Å². The predicted molar refractivity (Wildman–Crippen MR) is 70.7 cm³/mol. The van der Waals surface area contributed by atoms with E-state index in [1.807, 2.05) is 4.98 Å². The Labute approximate surface area is 122 Å². The second kappa shape index (κ2) is 5.69. The number of rotatable bonds is 4. The van der Waals surface area contributed by atoms with Crippen LogP contribution in [0.1, 0.15) is 13.2 Å². The van der Waals surface area contributed by atoms with Crippen LogP contribution in [0.2, 0.25) is 0 Å². The first kappa shape index (κ1) is 17.0. The van der Waals surface area contributed by atoms with Crippen LogP contribution >= 0.6 is 7.75 Å². The Morgan fingerprint density at radius 2 is 2.27 bits per heavy atom. The van der Waals surface area contributed by atoms with Crippen LogP contribution in [-0.2, 0) is 13.8 Å². The number of hydrogen-bond donors (Lipinski definition) is 4. The number of ether oxygens (including phenoxy) is 1. The number of nitrogens with zero attached hydrogens (tertiary/aromatic N) is 1. The molecule has 0 bridgehead atoms. The van der Waals surface area contributed by atoms with Gasteiger partial charge in [0.25, 0.3) is 5.56 Å². The number of hydrogen-bond acceptors (Lipinski definition) is 6. The van der Waals surface area contributed by atoms with Crippen LogP contribution in [0.5, 0.6) is 0 Å². The van der Waals surface area contributed by atoms with Crippen molar-refractivity contribution in [3.05, 3.63) is 33.1 Å². The van der Waals surface area contributed by atoms with Crippen molar-refractivity contribution in [2.75, 3.05) is 6.61 Å². The minimum absolute atomic E-state index is 0.653. The van der Waals surface area contributed by atoms with Gasteiger partial charge in [-0.15, -0.1) is 0 Å². The Kier molecular flexibility index (Phi) is 4.39. The molecule has 10 nitrogen and oxygen atoms in total. The molecule has 2 rings (SSSR count). The third kappa shape index (κ3) is 3.35. The van der Waals surface area contributed by atoms with Crippen molar-refractivity contribution < 1.29 is 28.2 Å². The van der Waals surface area contributed by atoms with Crippen molar-refractivity contribution >= 4 is 7.75 Å². The van der Waals surface area contributed by atoms with Gasteiger partial charge in [0.15, 0.2) is 11.9 Å². The van der Waals surface area contributed by atoms with E-state index >= 15 is 0 Å². The first-order valence-electron chi connectivity index (χ1n) is 6.12. The highest BCUT2D eigenvalue weighted by Crippen LogP contribution is 2.42. The Bertz CT molecular complexity index is 711. The summed E-state index contributed by atoms with van der Waals surface area (Å²) < 4.78 is 35.9. The van der Waals surface area contributed by atoms with Crippen LogP contribution in [0.4, 0.5) is 4.39 Å². The average molecular weight is 339 g/mol. The van der Waals surface area contributed by atoms with Gasteiger partial charge in [-0.1, -0.05) is 0 Å². The monoisotopic (exact) mass is 339 g/mol. The van der Waals surface area contributed by atoms with Crippen LogP contribution in [0.3, 0.4) is 0 Å². The molecule has 1 unspecified atom stereocenters. The van der Waals surface area contributed by atoms with Gasteiger partial charge < -0.3 is 14.7 Å². The molecule has 1 aromatic rings. The van der Waals surface area contributed by atoms with Gasteiger partial charge in [0, 0.05) is 12.3 Å². The lowest BCUT2D eigenvalue weighted by Gasteiger charge is -2.24. The van der Waals surface area contributed by atoms with Gasteiger partial charge in [0.05, 0.1) is 6.61 Å². The Balaban J connectivity index is 2.28. The number of aliphatic hydroxyl groups is 1. The summed E-state index contributed by atoms with van der Waals surface area (Å²) in [6.45, 7) is 0.334. The summed E-state index contributed by atoms with van der Waals surface area (Å²) in [6.07, 6.45) is -3.62. The summed E-state index contributed by atoms with van der Waals surface area (Å²) in [6, 6.07) is 0.985. The summed E-state index contributed by atoms with van der Waals surface area (Å²) in [5, 5.41) is 9.91. The van der Waals surface area contributed by atoms with Gasteiger partial charge in [0.1, 0.15) is 12.2 Å². The zero-order valence-electron chi connectivity index (χ0n) is 11.4. The van der Waals surface area contributed by atoms with Gasteiger partial charge in [-0.3, -0.25) is 18.9 Å². The fourth-order valence-corrected chi connectivity index (χ4v) is 2.50. The third-order valence-electron chi connectivity index (χ3n) is 3.24. The van der Waals surface area contributed by atoms with Crippen molar-refractivity contribution in [3.63, 3.8) is 0 Å². The summed E-state index contributed by atoms with van der Waals surface area (Å²) in [7, 11) is -4.32. The van der Waals surface area contributed by atoms with Gasteiger partial charge in [-0.25, -0.2) is 19.3 Å². The summed E-state index contributed by atoms with van der Waals surface area (Å²) >= 11 is 0. The molecule has 0 aromatic carbocycles. The number of alkyl halides is 1. The zero-order valence-corrected chi connectivity index (χ0v) is 12.3. The van der Waals surface area contributed by atoms with E-state index in [4.69, 9.17) is 15.1 Å². The topological polar surface area (TPSA) is 157 Å².